The van der Waals surface area contributed by atoms with Crippen molar-refractivity contribution in [2.45, 2.75) is 4.90 Å². The summed E-state index contributed by atoms with van der Waals surface area (Å²) in [7, 11) is 0. The van der Waals surface area contributed by atoms with Gasteiger partial charge in [0.1, 0.15) is 11.5 Å². The molecule has 1 unspecified atom stereocenters. The van der Waals surface area contributed by atoms with E-state index < -0.39 is 11.1 Å². The van der Waals surface area contributed by atoms with E-state index >= 15 is 0 Å². The van der Waals surface area contributed by atoms with Crippen LogP contribution in [-0.2, 0) is 11.1 Å². The molecule has 1 aromatic rings. The molecule has 0 spiro atoms. The molecule has 0 radical (unpaired) electrons. The van der Waals surface area contributed by atoms with Crippen LogP contribution in [0.25, 0.3) is 22.6 Å². The van der Waals surface area contributed by atoms with E-state index in [-0.39, 0.29) is 0 Å². The van der Waals surface area contributed by atoms with Gasteiger partial charge in [-0.3, -0.25) is 4.98 Å². The molecule has 1 atom stereocenters. The van der Waals surface area contributed by atoms with Crippen LogP contribution in [0.15, 0.2) is 58.1 Å². The lowest BCUT2D eigenvalue weighted by molar-refractivity contribution is 0.562. The highest BCUT2D eigenvalue weighted by Crippen LogP contribution is 2.33. The predicted molar refractivity (Wildman–Crippen MR) is 67.6 cm³/mol. The second-order valence-electron chi connectivity index (χ2n) is 3.76. The minimum atomic E-state index is -1.99. The molecule has 1 aliphatic carbocycles. The van der Waals surface area contributed by atoms with Gasteiger partial charge in [-0.25, -0.2) is 4.21 Å². The van der Waals surface area contributed by atoms with Crippen molar-refractivity contribution in [1.82, 2.24) is 4.98 Å². The molecule has 2 heterocycles. The Morgan fingerprint density at radius 2 is 1.72 bits per heavy atom. The first kappa shape index (κ1) is 11.1. The first-order valence-electron chi connectivity index (χ1n) is 5.29. The van der Waals surface area contributed by atoms with Crippen LogP contribution in [0.4, 0.5) is 0 Å². The SMILES string of the molecule is O=S(O)c1ccc2oc(-c3ccncc3)ccc1-2. The maximum absolute atomic E-state index is 11.1. The zero-order chi connectivity index (χ0) is 12.5. The van der Waals surface area contributed by atoms with Crippen LogP contribution in [0.3, 0.4) is 0 Å². The summed E-state index contributed by atoms with van der Waals surface area (Å²) in [6.07, 6.45) is 3.38. The molecule has 0 aromatic carbocycles. The van der Waals surface area contributed by atoms with Crippen LogP contribution in [-0.4, -0.2) is 13.7 Å². The standard InChI is InChI=1S/C13H9NO3S/c15-18(16)13-4-3-12-10(13)1-2-11(17-12)9-5-7-14-8-6-9/h1-8H,(H,15,16). The fourth-order valence-electron chi connectivity index (χ4n) is 1.84. The summed E-state index contributed by atoms with van der Waals surface area (Å²) in [6.45, 7) is 0. The average Bonchev–Trinajstić information content (AvgIpc) is 2.82. The van der Waals surface area contributed by atoms with Crippen LogP contribution in [0, 0.1) is 0 Å². The van der Waals surface area contributed by atoms with E-state index in [1.54, 1.807) is 36.7 Å². The molecule has 1 aliphatic heterocycles. The van der Waals surface area contributed by atoms with Crippen LogP contribution in [0.1, 0.15) is 0 Å². The Balaban J connectivity index is 2.13. The van der Waals surface area contributed by atoms with E-state index in [1.807, 2.05) is 12.1 Å². The lowest BCUT2D eigenvalue weighted by atomic mass is 10.1. The van der Waals surface area contributed by atoms with Gasteiger partial charge in [0.15, 0.2) is 11.1 Å². The molecule has 1 aromatic heterocycles. The number of fused-ring (bicyclic) bond motifs is 1. The molecular formula is C13H9NO3S. The molecule has 0 amide bonds. The Morgan fingerprint density at radius 1 is 1.00 bits per heavy atom. The fourth-order valence-corrected chi connectivity index (χ4v) is 2.38. The normalized spacial score (nSPS) is 12.7. The summed E-state index contributed by atoms with van der Waals surface area (Å²) >= 11 is -1.99. The van der Waals surface area contributed by atoms with Crippen molar-refractivity contribution < 1.29 is 13.2 Å². The average molecular weight is 259 g/mol. The first-order chi connectivity index (χ1) is 8.75. The summed E-state index contributed by atoms with van der Waals surface area (Å²) in [5, 5.41) is 0. The summed E-state index contributed by atoms with van der Waals surface area (Å²) < 4.78 is 25.9. The van der Waals surface area contributed by atoms with Gasteiger partial charge >= 0.3 is 0 Å². The first-order valence-corrected chi connectivity index (χ1v) is 6.40. The van der Waals surface area contributed by atoms with Crippen molar-refractivity contribution in [2.24, 2.45) is 0 Å². The van der Waals surface area contributed by atoms with Gasteiger partial charge in [-0.05, 0) is 36.4 Å². The zero-order valence-corrected chi connectivity index (χ0v) is 10.1. The molecule has 0 bridgehead atoms. The van der Waals surface area contributed by atoms with Gasteiger partial charge in [0.2, 0.25) is 0 Å². The molecule has 3 rings (SSSR count). The Bertz CT molecular complexity index is 678. The van der Waals surface area contributed by atoms with E-state index in [1.165, 1.54) is 0 Å². The molecule has 5 heteroatoms. The number of rotatable bonds is 2. The fraction of sp³-hybridized carbons (Fsp3) is 0. The maximum atomic E-state index is 11.1. The highest BCUT2D eigenvalue weighted by molar-refractivity contribution is 7.79. The van der Waals surface area contributed by atoms with Crippen LogP contribution in [0.5, 0.6) is 0 Å². The molecule has 0 fully saturated rings. The highest BCUT2D eigenvalue weighted by atomic mass is 32.2. The third-order valence-corrected chi connectivity index (χ3v) is 3.42. The van der Waals surface area contributed by atoms with Crippen molar-refractivity contribution >= 4 is 11.1 Å². The maximum Gasteiger partial charge on any atom is 0.187 e. The minimum absolute atomic E-state index is 0.370. The van der Waals surface area contributed by atoms with Gasteiger partial charge in [-0.15, -0.1) is 0 Å². The molecule has 1 N–H and O–H groups in total. The quantitative estimate of drug-likeness (QED) is 0.718. The number of hydrogen-bond acceptors (Lipinski definition) is 3. The van der Waals surface area contributed by atoms with Crippen molar-refractivity contribution in [2.75, 3.05) is 0 Å². The Kier molecular flexibility index (Phi) is 2.70. The molecule has 18 heavy (non-hydrogen) atoms. The number of aromatic nitrogens is 1. The lowest BCUT2D eigenvalue weighted by Crippen LogP contribution is -1.88. The van der Waals surface area contributed by atoms with E-state index in [2.05, 4.69) is 4.98 Å². The third-order valence-electron chi connectivity index (χ3n) is 2.69. The monoisotopic (exact) mass is 259 g/mol. The summed E-state index contributed by atoms with van der Waals surface area (Å²) in [5.41, 5.74) is 1.58. The third kappa shape index (κ3) is 1.83. The molecule has 90 valence electrons. The molecular weight excluding hydrogens is 250 g/mol. The van der Waals surface area contributed by atoms with Crippen molar-refractivity contribution in [3.05, 3.63) is 48.8 Å². The van der Waals surface area contributed by atoms with Crippen LogP contribution >= 0.6 is 0 Å². The van der Waals surface area contributed by atoms with Crippen molar-refractivity contribution in [3.63, 3.8) is 0 Å². The van der Waals surface area contributed by atoms with E-state index in [4.69, 9.17) is 8.97 Å². The van der Waals surface area contributed by atoms with Gasteiger partial charge in [-0.2, -0.15) is 0 Å². The van der Waals surface area contributed by atoms with Gasteiger partial charge in [0, 0.05) is 23.5 Å². The minimum Gasteiger partial charge on any atom is -0.456 e. The number of pyridine rings is 1. The van der Waals surface area contributed by atoms with E-state index in [0.29, 0.717) is 22.0 Å². The second-order valence-corrected chi connectivity index (χ2v) is 4.70. The predicted octanol–water partition coefficient (Wildman–Crippen LogP) is 3.03. The Hall–Kier alpha value is -1.98. The Labute approximate surface area is 106 Å². The molecule has 0 saturated carbocycles. The van der Waals surface area contributed by atoms with Gasteiger partial charge in [0.25, 0.3) is 0 Å². The topological polar surface area (TPSA) is 63.3 Å². The van der Waals surface area contributed by atoms with Gasteiger partial charge in [0.05, 0.1) is 4.90 Å². The number of hydrogen-bond donors (Lipinski definition) is 1. The molecule has 2 aliphatic rings. The van der Waals surface area contributed by atoms with E-state index in [0.717, 1.165) is 5.56 Å². The summed E-state index contributed by atoms with van der Waals surface area (Å²) in [5.74, 6) is 1.30. The summed E-state index contributed by atoms with van der Waals surface area (Å²) in [4.78, 5) is 4.32. The van der Waals surface area contributed by atoms with Gasteiger partial charge in [-0.1, -0.05) is 0 Å². The molecule has 4 nitrogen and oxygen atoms in total. The van der Waals surface area contributed by atoms with Gasteiger partial charge < -0.3 is 8.97 Å². The zero-order valence-electron chi connectivity index (χ0n) is 9.24. The largest absolute Gasteiger partial charge is 0.456 e. The molecule has 0 saturated heterocycles. The van der Waals surface area contributed by atoms with Crippen molar-refractivity contribution in [3.8, 4) is 22.6 Å². The second kappa shape index (κ2) is 4.36. The lowest BCUT2D eigenvalue weighted by Gasteiger charge is -2.05. The van der Waals surface area contributed by atoms with Crippen LogP contribution < -0.4 is 0 Å². The highest BCUT2D eigenvalue weighted by Gasteiger charge is 2.16. The smallest absolute Gasteiger partial charge is 0.187 e. The Morgan fingerprint density at radius 3 is 2.44 bits per heavy atom. The van der Waals surface area contributed by atoms with Crippen LogP contribution in [0.2, 0.25) is 0 Å². The number of nitrogens with zero attached hydrogens (tertiary/aromatic N) is 1. The van der Waals surface area contributed by atoms with E-state index in [9.17, 15) is 4.21 Å². The summed E-state index contributed by atoms with van der Waals surface area (Å²) in [6, 6.07) is 10.6. The van der Waals surface area contributed by atoms with Crippen molar-refractivity contribution in [1.29, 1.82) is 0 Å².